The van der Waals surface area contributed by atoms with Gasteiger partial charge in [-0.3, -0.25) is 0 Å². The van der Waals surface area contributed by atoms with Gasteiger partial charge in [0.15, 0.2) is 0 Å². The summed E-state index contributed by atoms with van der Waals surface area (Å²) in [6, 6.07) is 11.3. The molecule has 2 aliphatic heterocycles. The van der Waals surface area contributed by atoms with Gasteiger partial charge < -0.3 is 23.8 Å². The van der Waals surface area contributed by atoms with Gasteiger partial charge in [-0.1, -0.05) is 18.2 Å². The molecule has 0 aromatic heterocycles. The Morgan fingerprint density at radius 3 is 2.42 bits per heavy atom. The number of halogens is 4. The summed E-state index contributed by atoms with van der Waals surface area (Å²) < 4.78 is 103. The van der Waals surface area contributed by atoms with Crippen LogP contribution < -0.4 is 4.74 Å². The number of hydrogen-bond acceptors (Lipinski definition) is 7. The second-order valence-electron chi connectivity index (χ2n) is 9.59. The van der Waals surface area contributed by atoms with Crippen molar-refractivity contribution in [3.63, 3.8) is 0 Å². The van der Waals surface area contributed by atoms with E-state index in [2.05, 4.69) is 0 Å². The Balaban J connectivity index is 1.31. The number of amides is 1. The van der Waals surface area contributed by atoms with E-state index in [9.17, 15) is 30.8 Å². The maximum absolute atomic E-state index is 13.6. The fourth-order valence-electron chi connectivity index (χ4n) is 4.59. The first-order valence-corrected chi connectivity index (χ1v) is 14.0. The van der Waals surface area contributed by atoms with Gasteiger partial charge in [-0.15, -0.1) is 0 Å². The van der Waals surface area contributed by atoms with Crippen LogP contribution in [0.4, 0.5) is 22.4 Å². The number of likely N-dealkylation sites (tertiary alicyclic amines) is 1. The van der Waals surface area contributed by atoms with E-state index < -0.39 is 46.4 Å². The van der Waals surface area contributed by atoms with E-state index in [-0.39, 0.29) is 57.1 Å². The molecule has 0 N–H and O–H groups in total. The third-order valence-electron chi connectivity index (χ3n) is 6.89. The average Bonchev–Trinajstić information content (AvgIpc) is 2.92. The molecule has 2 fully saturated rings. The van der Waals surface area contributed by atoms with Crippen LogP contribution in [-0.2, 0) is 30.8 Å². The van der Waals surface area contributed by atoms with E-state index >= 15 is 0 Å². The van der Waals surface area contributed by atoms with E-state index in [1.165, 1.54) is 23.5 Å². The van der Waals surface area contributed by atoms with Crippen molar-refractivity contribution < 1.29 is 49.7 Å². The van der Waals surface area contributed by atoms with Crippen molar-refractivity contribution in [2.24, 2.45) is 0 Å². The number of morpholine rings is 1. The van der Waals surface area contributed by atoms with E-state index in [1.807, 2.05) is 0 Å². The zero-order valence-corrected chi connectivity index (χ0v) is 22.5. The van der Waals surface area contributed by atoms with Gasteiger partial charge in [0.1, 0.15) is 11.6 Å². The SMILES string of the molecule is COc1ccc(COCC(OC(=O)N2CCC3(CC2)CN(S(=O)(=O)c2cccc(F)c2)CCO3)C(F)(F)F)cc1. The quantitative estimate of drug-likeness (QED) is 0.430. The van der Waals surface area contributed by atoms with Crippen molar-refractivity contribution >= 4 is 16.1 Å². The number of hydrogen-bond donors (Lipinski definition) is 0. The topological polar surface area (TPSA) is 94.6 Å². The predicted molar refractivity (Wildman–Crippen MR) is 134 cm³/mol. The second-order valence-corrected chi connectivity index (χ2v) is 11.5. The Hall–Kier alpha value is -2.94. The molecule has 2 saturated heterocycles. The molecule has 1 atom stereocenters. The molecule has 1 spiro atoms. The molecule has 0 aliphatic carbocycles. The van der Waals surface area contributed by atoms with Crippen LogP contribution in [-0.4, -0.2) is 88.1 Å². The van der Waals surface area contributed by atoms with Crippen molar-refractivity contribution in [2.75, 3.05) is 46.5 Å². The molecule has 40 heavy (non-hydrogen) atoms. The molecule has 1 amide bonds. The Morgan fingerprint density at radius 1 is 1.10 bits per heavy atom. The number of ether oxygens (including phenoxy) is 4. The van der Waals surface area contributed by atoms with Crippen LogP contribution in [0.1, 0.15) is 18.4 Å². The first-order valence-electron chi connectivity index (χ1n) is 12.5. The highest BCUT2D eigenvalue weighted by Gasteiger charge is 2.47. The molecule has 2 aliphatic rings. The molecule has 220 valence electrons. The lowest BCUT2D eigenvalue weighted by Gasteiger charge is -2.46. The average molecular weight is 591 g/mol. The molecule has 2 aromatic rings. The Bertz CT molecular complexity index is 1270. The third-order valence-corrected chi connectivity index (χ3v) is 8.73. The molecular weight excluding hydrogens is 560 g/mol. The summed E-state index contributed by atoms with van der Waals surface area (Å²) in [7, 11) is -2.50. The smallest absolute Gasteiger partial charge is 0.427 e. The molecule has 1 unspecified atom stereocenters. The van der Waals surface area contributed by atoms with Crippen LogP contribution in [0.5, 0.6) is 5.75 Å². The third kappa shape index (κ3) is 7.22. The van der Waals surface area contributed by atoms with Gasteiger partial charge in [0.25, 0.3) is 0 Å². The van der Waals surface area contributed by atoms with Gasteiger partial charge in [0.2, 0.25) is 16.1 Å². The van der Waals surface area contributed by atoms with E-state index in [0.29, 0.717) is 11.3 Å². The van der Waals surface area contributed by atoms with Gasteiger partial charge in [-0.25, -0.2) is 17.6 Å². The highest BCUT2D eigenvalue weighted by Crippen LogP contribution is 2.33. The number of piperidine rings is 1. The number of rotatable bonds is 8. The Morgan fingerprint density at radius 2 is 1.80 bits per heavy atom. The van der Waals surface area contributed by atoms with Crippen LogP contribution in [0.2, 0.25) is 0 Å². The number of nitrogens with zero attached hydrogens (tertiary/aromatic N) is 2. The normalized spacial score (nSPS) is 18.9. The monoisotopic (exact) mass is 590 g/mol. The Kier molecular flexibility index (Phi) is 9.22. The maximum atomic E-state index is 13.6. The molecular formula is C26H30F4N2O7S. The number of benzene rings is 2. The van der Waals surface area contributed by atoms with Crippen LogP contribution in [0.3, 0.4) is 0 Å². The minimum absolute atomic E-state index is 0.00394. The lowest BCUT2D eigenvalue weighted by Crippen LogP contribution is -2.58. The molecule has 0 radical (unpaired) electrons. The van der Waals surface area contributed by atoms with Crippen LogP contribution in [0, 0.1) is 5.82 Å². The van der Waals surface area contributed by atoms with Crippen molar-refractivity contribution in [2.45, 2.75) is 42.2 Å². The van der Waals surface area contributed by atoms with Crippen molar-refractivity contribution in [1.29, 1.82) is 0 Å². The van der Waals surface area contributed by atoms with Crippen molar-refractivity contribution in [3.8, 4) is 5.75 Å². The van der Waals surface area contributed by atoms with Crippen LogP contribution in [0.25, 0.3) is 0 Å². The maximum Gasteiger partial charge on any atom is 0.427 e. The van der Waals surface area contributed by atoms with Gasteiger partial charge in [0, 0.05) is 26.2 Å². The first kappa shape index (κ1) is 30.0. The minimum Gasteiger partial charge on any atom is -0.497 e. The molecule has 9 nitrogen and oxygen atoms in total. The number of carbonyl (C=O) groups excluding carboxylic acids is 1. The summed E-state index contributed by atoms with van der Waals surface area (Å²) in [6.07, 6.45) is -8.09. The molecule has 14 heteroatoms. The number of sulfonamides is 1. The largest absolute Gasteiger partial charge is 0.497 e. The fraction of sp³-hybridized carbons (Fsp3) is 0.500. The summed E-state index contributed by atoms with van der Waals surface area (Å²) in [4.78, 5) is 13.6. The summed E-state index contributed by atoms with van der Waals surface area (Å²) >= 11 is 0. The standard InChI is InChI=1S/C26H30F4N2O7S/c1-36-21-7-5-19(6-8-21)16-37-17-23(26(28,29)30)39-24(33)31-11-9-25(10-12-31)18-32(13-14-38-25)40(34,35)22-4-2-3-20(27)15-22/h2-8,15,23H,9-14,16-18H2,1H3. The molecule has 0 saturated carbocycles. The fourth-order valence-corrected chi connectivity index (χ4v) is 6.12. The van der Waals surface area contributed by atoms with Gasteiger partial charge in [-0.05, 0) is 48.7 Å². The highest BCUT2D eigenvalue weighted by atomic mass is 32.2. The van der Waals surface area contributed by atoms with Gasteiger partial charge in [0.05, 0.1) is 37.4 Å². The molecule has 2 heterocycles. The predicted octanol–water partition coefficient (Wildman–Crippen LogP) is 3.97. The zero-order valence-electron chi connectivity index (χ0n) is 21.7. The van der Waals surface area contributed by atoms with Gasteiger partial charge >= 0.3 is 12.3 Å². The zero-order chi connectivity index (χ0) is 29.0. The van der Waals surface area contributed by atoms with Crippen LogP contribution >= 0.6 is 0 Å². The number of methoxy groups -OCH3 is 1. The van der Waals surface area contributed by atoms with Crippen LogP contribution in [0.15, 0.2) is 53.4 Å². The molecule has 4 rings (SSSR count). The summed E-state index contributed by atoms with van der Waals surface area (Å²) in [5, 5.41) is 0. The highest BCUT2D eigenvalue weighted by molar-refractivity contribution is 7.89. The van der Waals surface area contributed by atoms with Crippen molar-refractivity contribution in [3.05, 3.63) is 59.9 Å². The Labute approximate surface area is 229 Å². The summed E-state index contributed by atoms with van der Waals surface area (Å²) in [5.41, 5.74) is -0.310. The molecule has 0 bridgehead atoms. The summed E-state index contributed by atoms with van der Waals surface area (Å²) in [6.45, 7) is -0.869. The van der Waals surface area contributed by atoms with E-state index in [4.69, 9.17) is 18.9 Å². The lowest BCUT2D eigenvalue weighted by atomic mass is 9.90. The second kappa shape index (κ2) is 12.3. The molecule has 2 aromatic carbocycles. The minimum atomic E-state index is -4.84. The first-order chi connectivity index (χ1) is 18.9. The summed E-state index contributed by atoms with van der Waals surface area (Å²) in [5.74, 6) is -0.0899. The van der Waals surface area contributed by atoms with Crippen molar-refractivity contribution in [1.82, 2.24) is 9.21 Å². The van der Waals surface area contributed by atoms with E-state index in [1.54, 1.807) is 24.3 Å². The van der Waals surface area contributed by atoms with E-state index in [0.717, 1.165) is 17.0 Å². The lowest BCUT2D eigenvalue weighted by molar-refractivity contribution is -0.220. The number of alkyl halides is 3. The number of carbonyl (C=O) groups is 1. The van der Waals surface area contributed by atoms with Gasteiger partial charge in [-0.2, -0.15) is 17.5 Å².